The van der Waals surface area contributed by atoms with Crippen LogP contribution in [0.15, 0.2) is 36.4 Å². The zero-order chi connectivity index (χ0) is 17.8. The molecular formula is C19H18FNO3S. The molecule has 2 aromatic carbocycles. The molecule has 0 saturated heterocycles. The van der Waals surface area contributed by atoms with Gasteiger partial charge in [0.2, 0.25) is 0 Å². The van der Waals surface area contributed by atoms with Gasteiger partial charge >= 0.3 is 0 Å². The summed E-state index contributed by atoms with van der Waals surface area (Å²) >= 11 is 1.36. The predicted molar refractivity (Wildman–Crippen MR) is 96.2 cm³/mol. The van der Waals surface area contributed by atoms with Gasteiger partial charge in [-0.1, -0.05) is 6.07 Å². The Balaban J connectivity index is 1.62. The molecule has 0 amide bonds. The Labute approximate surface area is 149 Å². The van der Waals surface area contributed by atoms with Crippen LogP contribution in [0.2, 0.25) is 0 Å². The van der Waals surface area contributed by atoms with Crippen molar-refractivity contribution in [2.24, 2.45) is 0 Å². The van der Waals surface area contributed by atoms with Gasteiger partial charge in [-0.05, 0) is 42.3 Å². The van der Waals surface area contributed by atoms with E-state index in [4.69, 9.17) is 9.47 Å². The summed E-state index contributed by atoms with van der Waals surface area (Å²) < 4.78 is 24.5. The minimum absolute atomic E-state index is 0.106. The Kier molecular flexibility index (Phi) is 5.28. The van der Waals surface area contributed by atoms with Gasteiger partial charge in [-0.3, -0.25) is 4.79 Å². The fourth-order valence-corrected chi connectivity index (χ4v) is 3.62. The molecule has 25 heavy (non-hydrogen) atoms. The molecule has 0 bridgehead atoms. The number of hydrogen-bond donors (Lipinski definition) is 0. The molecule has 0 aliphatic carbocycles. The molecular weight excluding hydrogens is 341 g/mol. The second kappa shape index (κ2) is 7.61. The first-order chi connectivity index (χ1) is 12.1. The summed E-state index contributed by atoms with van der Waals surface area (Å²) in [5, 5.41) is 0.720. The molecule has 0 aliphatic rings. The van der Waals surface area contributed by atoms with Crippen molar-refractivity contribution in [3.63, 3.8) is 0 Å². The lowest BCUT2D eigenvalue weighted by atomic mass is 10.1. The van der Waals surface area contributed by atoms with Crippen LogP contribution in [0.5, 0.6) is 11.5 Å². The molecule has 1 heterocycles. The maximum absolute atomic E-state index is 13.2. The lowest BCUT2D eigenvalue weighted by Crippen LogP contribution is -2.04. The van der Waals surface area contributed by atoms with Crippen LogP contribution in [0.4, 0.5) is 4.39 Å². The molecule has 0 fully saturated rings. The van der Waals surface area contributed by atoms with E-state index in [9.17, 15) is 9.18 Å². The van der Waals surface area contributed by atoms with Crippen molar-refractivity contribution >= 4 is 27.3 Å². The highest BCUT2D eigenvalue weighted by molar-refractivity contribution is 7.18. The van der Waals surface area contributed by atoms with Gasteiger partial charge < -0.3 is 9.47 Å². The van der Waals surface area contributed by atoms with Crippen LogP contribution in [-0.2, 0) is 17.6 Å². The summed E-state index contributed by atoms with van der Waals surface area (Å²) in [6, 6.07) is 10.1. The molecule has 130 valence electrons. The van der Waals surface area contributed by atoms with Crippen molar-refractivity contribution in [1.29, 1.82) is 0 Å². The number of halogens is 1. The van der Waals surface area contributed by atoms with Crippen LogP contribution >= 0.6 is 11.3 Å². The number of thiazole rings is 1. The highest BCUT2D eigenvalue weighted by atomic mass is 32.1. The molecule has 0 saturated carbocycles. The van der Waals surface area contributed by atoms with Crippen LogP contribution in [0.3, 0.4) is 0 Å². The molecule has 0 radical (unpaired) electrons. The third-order valence-corrected chi connectivity index (χ3v) is 4.90. The van der Waals surface area contributed by atoms with E-state index < -0.39 is 0 Å². The number of rotatable bonds is 7. The average molecular weight is 359 g/mol. The number of ether oxygens (including phenoxy) is 2. The largest absolute Gasteiger partial charge is 0.493 e. The van der Waals surface area contributed by atoms with Crippen LogP contribution in [-0.4, -0.2) is 25.0 Å². The number of carbonyl (C=O) groups excluding carboxylic acids is 1. The van der Waals surface area contributed by atoms with Crippen LogP contribution in [0.1, 0.15) is 17.0 Å². The highest BCUT2D eigenvalue weighted by Crippen LogP contribution is 2.28. The van der Waals surface area contributed by atoms with E-state index in [2.05, 4.69) is 4.98 Å². The van der Waals surface area contributed by atoms with E-state index in [0.29, 0.717) is 24.3 Å². The number of hydrogen-bond acceptors (Lipinski definition) is 5. The lowest BCUT2D eigenvalue weighted by Gasteiger charge is -2.09. The molecule has 6 heteroatoms. The molecule has 0 aliphatic heterocycles. The Morgan fingerprint density at radius 2 is 1.92 bits per heavy atom. The molecule has 3 aromatic rings. The Hall–Kier alpha value is -2.47. The van der Waals surface area contributed by atoms with Gasteiger partial charge in [-0.2, -0.15) is 0 Å². The van der Waals surface area contributed by atoms with E-state index in [1.54, 1.807) is 20.3 Å². The number of methoxy groups -OCH3 is 2. The van der Waals surface area contributed by atoms with E-state index in [1.165, 1.54) is 23.5 Å². The van der Waals surface area contributed by atoms with Gasteiger partial charge in [-0.15, -0.1) is 11.3 Å². The zero-order valence-corrected chi connectivity index (χ0v) is 14.9. The summed E-state index contributed by atoms with van der Waals surface area (Å²) in [7, 11) is 3.17. The van der Waals surface area contributed by atoms with Gasteiger partial charge in [0.1, 0.15) is 16.6 Å². The van der Waals surface area contributed by atoms with E-state index in [0.717, 1.165) is 20.8 Å². The second-order valence-electron chi connectivity index (χ2n) is 5.62. The first-order valence-electron chi connectivity index (χ1n) is 7.86. The molecule has 0 unspecified atom stereocenters. The predicted octanol–water partition coefficient (Wildman–Crippen LogP) is 4.20. The zero-order valence-electron chi connectivity index (χ0n) is 14.0. The topological polar surface area (TPSA) is 48.4 Å². The number of ketones is 1. The van der Waals surface area contributed by atoms with Crippen molar-refractivity contribution in [3.8, 4) is 11.5 Å². The maximum Gasteiger partial charge on any atom is 0.160 e. The minimum Gasteiger partial charge on any atom is -0.493 e. The van der Waals surface area contributed by atoms with Crippen molar-refractivity contribution in [2.75, 3.05) is 14.2 Å². The summed E-state index contributed by atoms with van der Waals surface area (Å²) in [6.45, 7) is 0. The summed E-state index contributed by atoms with van der Waals surface area (Å²) in [5.41, 5.74) is 1.74. The molecule has 3 rings (SSSR count). The van der Waals surface area contributed by atoms with Crippen LogP contribution in [0, 0.1) is 5.82 Å². The van der Waals surface area contributed by atoms with E-state index >= 15 is 0 Å². The number of aryl methyl sites for hydroxylation is 1. The second-order valence-corrected chi connectivity index (χ2v) is 6.74. The quantitative estimate of drug-likeness (QED) is 0.634. The number of aromatic nitrogens is 1. The number of Topliss-reactive ketones (excluding diaryl/α,β-unsaturated/α-hetero) is 1. The maximum atomic E-state index is 13.2. The number of fused-ring (bicyclic) bond motifs is 1. The molecule has 0 atom stereocenters. The van der Waals surface area contributed by atoms with Crippen molar-refractivity contribution in [2.45, 2.75) is 19.3 Å². The monoisotopic (exact) mass is 359 g/mol. The smallest absolute Gasteiger partial charge is 0.160 e. The van der Waals surface area contributed by atoms with Gasteiger partial charge in [0, 0.05) is 6.42 Å². The van der Waals surface area contributed by atoms with Crippen LogP contribution < -0.4 is 9.47 Å². The number of nitrogens with zero attached hydrogens (tertiary/aromatic N) is 1. The normalized spacial score (nSPS) is 10.8. The fourth-order valence-electron chi connectivity index (χ4n) is 2.60. The minimum atomic E-state index is -0.289. The number of carbonyl (C=O) groups is 1. The summed E-state index contributed by atoms with van der Waals surface area (Å²) in [5.74, 6) is 1.14. The van der Waals surface area contributed by atoms with Gasteiger partial charge in [0.15, 0.2) is 11.5 Å². The van der Waals surface area contributed by atoms with Gasteiger partial charge in [-0.25, -0.2) is 9.37 Å². The highest BCUT2D eigenvalue weighted by Gasteiger charge is 2.11. The van der Waals surface area contributed by atoms with Crippen molar-refractivity contribution < 1.29 is 18.7 Å². The summed E-state index contributed by atoms with van der Waals surface area (Å²) in [4.78, 5) is 16.6. The molecule has 4 nitrogen and oxygen atoms in total. The first kappa shape index (κ1) is 17.4. The van der Waals surface area contributed by atoms with Crippen LogP contribution in [0.25, 0.3) is 10.2 Å². The molecule has 0 N–H and O–H groups in total. The van der Waals surface area contributed by atoms with Gasteiger partial charge in [0.25, 0.3) is 0 Å². The third kappa shape index (κ3) is 4.14. The first-order valence-corrected chi connectivity index (χ1v) is 8.68. The number of benzene rings is 2. The van der Waals surface area contributed by atoms with E-state index in [-0.39, 0.29) is 18.0 Å². The average Bonchev–Trinajstić information content (AvgIpc) is 3.00. The Bertz CT molecular complexity index is 907. The SMILES string of the molecule is COc1ccc(CCC(=O)Cc2nc3ccc(F)cc3s2)cc1OC. The van der Waals surface area contributed by atoms with Crippen molar-refractivity contribution in [1.82, 2.24) is 4.98 Å². The lowest BCUT2D eigenvalue weighted by molar-refractivity contribution is -0.118. The van der Waals surface area contributed by atoms with Gasteiger partial charge in [0.05, 0.1) is 30.9 Å². The van der Waals surface area contributed by atoms with E-state index in [1.807, 2.05) is 18.2 Å². The standard InChI is InChI=1S/C19H18FNO3S/c1-23-16-8-4-12(9-17(16)24-2)3-6-14(22)11-19-21-15-7-5-13(20)10-18(15)25-19/h4-5,7-10H,3,6,11H2,1-2H3. The molecule has 0 spiro atoms. The Morgan fingerprint density at radius 3 is 2.68 bits per heavy atom. The Morgan fingerprint density at radius 1 is 1.12 bits per heavy atom. The molecule has 1 aromatic heterocycles. The summed E-state index contributed by atoms with van der Waals surface area (Å²) in [6.07, 6.45) is 1.31. The third-order valence-electron chi connectivity index (χ3n) is 3.88. The van der Waals surface area contributed by atoms with Crippen molar-refractivity contribution in [3.05, 3.63) is 52.8 Å². The fraction of sp³-hybridized carbons (Fsp3) is 0.263.